The third-order valence-corrected chi connectivity index (χ3v) is 16.9. The van der Waals surface area contributed by atoms with Gasteiger partial charge >= 0.3 is 5.00 Å². The van der Waals surface area contributed by atoms with Crippen molar-refractivity contribution < 1.29 is 4.92 Å². The first-order chi connectivity index (χ1) is 39.9. The molecule has 4 N–H and O–H groups in total. The summed E-state index contributed by atoms with van der Waals surface area (Å²) in [7, 11) is 4.06. The zero-order valence-corrected chi connectivity index (χ0v) is 46.8. The van der Waals surface area contributed by atoms with Crippen molar-refractivity contribution in [2.24, 2.45) is 0 Å². The van der Waals surface area contributed by atoms with Gasteiger partial charge in [-0.3, -0.25) is 10.1 Å². The molecule has 4 aliphatic heterocycles. The van der Waals surface area contributed by atoms with E-state index in [1.54, 1.807) is 6.07 Å². The zero-order valence-electron chi connectivity index (χ0n) is 45.2. The first kappa shape index (κ1) is 50.7. The second-order valence-electron chi connectivity index (χ2n) is 20.0. The van der Waals surface area contributed by atoms with Crippen LogP contribution in [0.1, 0.15) is 100 Å². The van der Waals surface area contributed by atoms with Crippen LogP contribution in [0.25, 0.3) is 102 Å². The molecule has 14 heteroatoms. The molecule has 16 bridgehead atoms. The maximum absolute atomic E-state index is 11.4. The van der Waals surface area contributed by atoms with Gasteiger partial charge in [0.05, 0.1) is 105 Å². The van der Waals surface area contributed by atoms with Gasteiger partial charge in [-0.15, -0.1) is 11.3 Å². The highest BCUT2D eigenvalue weighted by atomic mass is 32.1. The van der Waals surface area contributed by atoms with E-state index in [1.165, 1.54) is 17.4 Å². The molecule has 9 aromatic rings. The Labute approximate surface area is 479 Å². The van der Waals surface area contributed by atoms with Crippen LogP contribution in [0.4, 0.5) is 10.7 Å². The molecule has 4 aliphatic rings. The van der Waals surface area contributed by atoms with Crippen molar-refractivity contribution in [3.8, 4) is 57.1 Å². The van der Waals surface area contributed by atoms with E-state index in [2.05, 4.69) is 122 Å². The third-order valence-electron chi connectivity index (χ3n) is 14.6. The van der Waals surface area contributed by atoms with E-state index >= 15 is 0 Å². The number of aromatic amines is 4. The van der Waals surface area contributed by atoms with Crippen molar-refractivity contribution in [3.05, 3.63) is 208 Å². The number of benzene rings is 1. The summed E-state index contributed by atoms with van der Waals surface area (Å²) in [6, 6.07) is 31.9. The summed E-state index contributed by atoms with van der Waals surface area (Å²) in [5, 5.41) is 11.5. The molecule has 82 heavy (non-hydrogen) atoms. The highest BCUT2D eigenvalue weighted by Crippen LogP contribution is 2.37. The molecule has 392 valence electrons. The van der Waals surface area contributed by atoms with E-state index < -0.39 is 0 Å². The summed E-state index contributed by atoms with van der Waals surface area (Å²) in [4.78, 5) is 50.9. The number of thiophene rings is 2. The van der Waals surface area contributed by atoms with Crippen molar-refractivity contribution in [1.29, 1.82) is 0 Å². The lowest BCUT2D eigenvalue weighted by Gasteiger charge is -2.11. The van der Waals surface area contributed by atoms with E-state index in [4.69, 9.17) is 19.9 Å². The molecule has 0 amide bonds. The van der Waals surface area contributed by atoms with Gasteiger partial charge < -0.3 is 24.8 Å². The Kier molecular flexibility index (Phi) is 12.9. The number of nitro groups is 1. The summed E-state index contributed by atoms with van der Waals surface area (Å²) >= 11 is 2.66. The number of nitrogens with zero attached hydrogens (tertiary/aromatic N) is 6. The van der Waals surface area contributed by atoms with Gasteiger partial charge in [0.25, 0.3) is 0 Å². The molecular formula is C68H46N10O2S2. The Bertz CT molecular complexity index is 4810. The lowest BCUT2D eigenvalue weighted by atomic mass is 10.1. The molecule has 12 heterocycles. The van der Waals surface area contributed by atoms with Crippen molar-refractivity contribution in [2.75, 3.05) is 19.0 Å². The summed E-state index contributed by atoms with van der Waals surface area (Å²) < 4.78 is 0. The van der Waals surface area contributed by atoms with Gasteiger partial charge in [0.2, 0.25) is 0 Å². The molecule has 0 fully saturated rings. The molecule has 0 spiro atoms. The maximum Gasteiger partial charge on any atom is 0.324 e. The smallest absolute Gasteiger partial charge is 0.324 e. The lowest BCUT2D eigenvalue weighted by Crippen LogP contribution is -2.07. The van der Waals surface area contributed by atoms with E-state index in [-0.39, 0.29) is 9.92 Å². The van der Waals surface area contributed by atoms with Crippen LogP contribution in [0.3, 0.4) is 0 Å². The van der Waals surface area contributed by atoms with Crippen molar-refractivity contribution >= 4 is 126 Å². The van der Waals surface area contributed by atoms with Crippen molar-refractivity contribution in [1.82, 2.24) is 39.9 Å². The van der Waals surface area contributed by atoms with Crippen molar-refractivity contribution in [2.45, 2.75) is 27.7 Å². The predicted molar refractivity (Wildman–Crippen MR) is 337 cm³/mol. The number of hydrogen-bond acceptors (Lipinski definition) is 9. The average Bonchev–Trinajstić information content (AvgIpc) is 4.52. The highest BCUT2D eigenvalue weighted by Gasteiger charge is 2.17. The van der Waals surface area contributed by atoms with Crippen LogP contribution in [0.5, 0.6) is 0 Å². The van der Waals surface area contributed by atoms with Crippen LogP contribution < -0.4 is 4.90 Å². The molecule has 0 atom stereocenters. The molecule has 8 aromatic heterocycles. The number of nitrogens with one attached hydrogen (secondary N) is 4. The number of fused-ring (bicyclic) bond motifs is 16. The average molecular weight is 1100 g/mol. The SMILES string of the molecule is Cc1c2nc(c(C#CC#Cc3c4nc(c(C)c5ccc([nH]5)c(C#Cc5ccc(-c6ccc([N+](=O)[O-])s6)s5)c5ccc([nH]5)c(C)c5nc3C=C5)C=C4)c3nc(c(C)c4ccc([nH]4)c(C#Cc4ccc(N(C)C)cc4)c4ccc1[nH]4)C=C3)C=C2. The predicted octanol–water partition coefficient (Wildman–Crippen LogP) is 14.8. The molecule has 12 nitrogen and oxygen atoms in total. The van der Waals surface area contributed by atoms with Crippen LogP contribution >= 0.6 is 22.7 Å². The molecule has 0 unspecified atom stereocenters. The Morgan fingerprint density at radius 1 is 0.402 bits per heavy atom. The van der Waals surface area contributed by atoms with Crippen LogP contribution in [0.15, 0.2) is 97.1 Å². The molecule has 0 radical (unpaired) electrons. The second kappa shape index (κ2) is 20.8. The van der Waals surface area contributed by atoms with E-state index in [1.807, 2.05) is 125 Å². The summed E-state index contributed by atoms with van der Waals surface area (Å²) in [6.07, 6.45) is 16.0. The van der Waals surface area contributed by atoms with Crippen LogP contribution in [-0.4, -0.2) is 58.9 Å². The van der Waals surface area contributed by atoms with Gasteiger partial charge in [-0.05, 0) is 213 Å². The van der Waals surface area contributed by atoms with Crippen LogP contribution in [0, 0.1) is 85.2 Å². The van der Waals surface area contributed by atoms with Gasteiger partial charge in [-0.1, -0.05) is 35.0 Å². The Morgan fingerprint density at radius 2 is 0.768 bits per heavy atom. The molecule has 0 saturated carbocycles. The second-order valence-corrected chi connectivity index (χ2v) is 22.2. The van der Waals surface area contributed by atoms with Gasteiger partial charge in [0, 0.05) is 58.4 Å². The minimum absolute atomic E-state index is 0.108. The number of rotatable bonds is 3. The Hall–Kier alpha value is -10.7. The fourth-order valence-corrected chi connectivity index (χ4v) is 11.7. The van der Waals surface area contributed by atoms with Crippen molar-refractivity contribution in [3.63, 3.8) is 0 Å². The molecule has 13 rings (SSSR count). The summed E-state index contributed by atoms with van der Waals surface area (Å²) in [6.45, 7) is 8.21. The van der Waals surface area contributed by atoms with Gasteiger partial charge in [0.1, 0.15) is 0 Å². The van der Waals surface area contributed by atoms with E-state index in [0.717, 1.165) is 138 Å². The highest BCUT2D eigenvalue weighted by molar-refractivity contribution is 7.24. The van der Waals surface area contributed by atoms with Gasteiger partial charge in [0.15, 0.2) is 0 Å². The van der Waals surface area contributed by atoms with Gasteiger partial charge in [-0.2, -0.15) is 0 Å². The number of aryl methyl sites for hydroxylation is 4. The number of aromatic nitrogens is 8. The zero-order chi connectivity index (χ0) is 56.2. The molecule has 0 aliphatic carbocycles. The first-order valence-corrected chi connectivity index (χ1v) is 27.9. The molecular weight excluding hydrogens is 1050 g/mol. The topological polar surface area (TPSA) is 161 Å². The normalized spacial score (nSPS) is 11.8. The Balaban J connectivity index is 0.906. The van der Waals surface area contributed by atoms with Crippen LogP contribution in [-0.2, 0) is 0 Å². The fourth-order valence-electron chi connectivity index (χ4n) is 9.89. The minimum atomic E-state index is -0.363. The number of hydrogen-bond donors (Lipinski definition) is 4. The fraction of sp³-hybridized carbons (Fsp3) is 0.0882. The van der Waals surface area contributed by atoms with Crippen LogP contribution in [0.2, 0.25) is 0 Å². The monoisotopic (exact) mass is 1100 g/mol. The first-order valence-electron chi connectivity index (χ1n) is 26.2. The maximum atomic E-state index is 11.4. The summed E-state index contributed by atoms with van der Waals surface area (Å²) in [5.74, 6) is 26.9. The minimum Gasteiger partial charge on any atom is -0.378 e. The lowest BCUT2D eigenvalue weighted by molar-refractivity contribution is -0.380. The largest absolute Gasteiger partial charge is 0.378 e. The van der Waals surface area contributed by atoms with E-state index in [9.17, 15) is 10.1 Å². The number of H-pyrrole nitrogens is 4. The molecule has 1 aromatic carbocycles. The molecule has 0 saturated heterocycles. The Morgan fingerprint density at radius 3 is 1.16 bits per heavy atom. The quantitative estimate of drug-likeness (QED) is 0.0778. The van der Waals surface area contributed by atoms with Gasteiger partial charge in [-0.25, -0.2) is 19.9 Å². The standard InChI is InChI=1S/C68H46N10O2S2/c1-39-50-20-28-58(69-50)46(59-29-21-51(70-59)40(2)55-25-33-63(74-55)48(62-32-24-54(39)73-62)18-13-43-11-14-44(15-12-43)77(5)6)9-7-8-10-47-60-30-22-52(71-60)41(3)56-26-34-64(75-56)49(65-35-27-57(76-65)42(4)53-23-31-61(47)72-53)19-16-45-17-36-66(81-45)67-37-38-68(82-67)78(79)80/h11-12,14-15,17,20-38,73-76H,1-6H3. The third kappa shape index (κ3) is 9.71. The number of anilines is 1. The summed E-state index contributed by atoms with van der Waals surface area (Å²) in [5.41, 5.74) is 21.7. The van der Waals surface area contributed by atoms with E-state index in [0.29, 0.717) is 33.9 Å².